The summed E-state index contributed by atoms with van der Waals surface area (Å²) < 4.78 is 18.9. The lowest BCUT2D eigenvalue weighted by molar-refractivity contribution is 0.0985. The van der Waals surface area contributed by atoms with E-state index in [1.165, 1.54) is 6.07 Å². The molecule has 1 saturated heterocycles. The Labute approximate surface area is 233 Å². The number of anilines is 2. The smallest absolute Gasteiger partial charge is 0.318 e. The molecular formula is C27H30ClN6O4S+. The largest absolute Gasteiger partial charge is 0.377 e. The first kappa shape index (κ1) is 27.0. The molecule has 10 nitrogen and oxygen atoms in total. The molecule has 2 fully saturated rings. The number of amides is 3. The van der Waals surface area contributed by atoms with Crippen LogP contribution in [-0.4, -0.2) is 54.8 Å². The normalized spacial score (nSPS) is 18.7. The van der Waals surface area contributed by atoms with E-state index in [4.69, 9.17) is 32.0 Å². The third kappa shape index (κ3) is 5.47. The molecule has 2 atom stereocenters. The molecule has 1 unspecified atom stereocenters. The molecule has 39 heavy (non-hydrogen) atoms. The SMILES string of the molecule is CNC(=O)Nc1ccc(-c2nc(N3CCOC[C@@H]3C)cc(C3([SH+](=O)c4ccc(C(N)=O)cc4Cl)CC3)n2)cc1. The van der Waals surface area contributed by atoms with Crippen LogP contribution in [0.4, 0.5) is 16.3 Å². The van der Waals surface area contributed by atoms with E-state index in [9.17, 15) is 13.8 Å². The molecule has 2 aliphatic rings. The first-order chi connectivity index (χ1) is 18.7. The number of primary amides is 1. The minimum absolute atomic E-state index is 0.105. The second-order valence-electron chi connectivity index (χ2n) is 9.69. The van der Waals surface area contributed by atoms with Gasteiger partial charge in [-0.3, -0.25) is 4.79 Å². The number of ether oxygens (including phenoxy) is 1. The average Bonchev–Trinajstić information content (AvgIpc) is 3.75. The summed E-state index contributed by atoms with van der Waals surface area (Å²) in [5.74, 6) is 0.641. The summed E-state index contributed by atoms with van der Waals surface area (Å²) in [6.45, 7) is 3.91. The van der Waals surface area contributed by atoms with Crippen molar-refractivity contribution < 1.29 is 18.5 Å². The molecule has 1 aromatic heterocycles. The van der Waals surface area contributed by atoms with Crippen molar-refractivity contribution in [2.24, 2.45) is 5.73 Å². The topological polar surface area (TPSA) is 140 Å². The van der Waals surface area contributed by atoms with Crippen molar-refractivity contribution in [2.45, 2.75) is 35.4 Å². The number of carbonyl (C=O) groups excluding carboxylic acids is 2. The van der Waals surface area contributed by atoms with Crippen molar-refractivity contribution in [1.29, 1.82) is 0 Å². The number of nitrogens with one attached hydrogen (secondary N) is 2. The molecular weight excluding hydrogens is 540 g/mol. The van der Waals surface area contributed by atoms with Crippen molar-refractivity contribution in [2.75, 3.05) is 37.0 Å². The molecule has 0 spiro atoms. The van der Waals surface area contributed by atoms with Gasteiger partial charge < -0.3 is 26.0 Å². The van der Waals surface area contributed by atoms with E-state index in [-0.39, 0.29) is 22.7 Å². The highest BCUT2D eigenvalue weighted by molar-refractivity contribution is 7.86. The van der Waals surface area contributed by atoms with Crippen LogP contribution in [0.25, 0.3) is 11.4 Å². The summed E-state index contributed by atoms with van der Waals surface area (Å²) in [5, 5.41) is 5.51. The second kappa shape index (κ2) is 10.9. The number of hydrogen-bond acceptors (Lipinski definition) is 7. The standard InChI is InChI=1S/C27H29ClN6O4S/c1-16-15-38-12-11-34(16)23-14-22(32-25(33-23)17-3-6-19(7-4-17)31-26(36)30-2)27(9-10-27)39(37)21-8-5-18(24(29)35)13-20(21)28/h3-8,13-14,16H,9-12,15H2,1-2H3,(H2,29,35)(H2,30,31,36)/p+1/t16-,39?/m0/s1. The molecule has 2 heterocycles. The molecule has 1 saturated carbocycles. The zero-order chi connectivity index (χ0) is 27.7. The zero-order valence-electron chi connectivity index (χ0n) is 21.6. The fourth-order valence-electron chi connectivity index (χ4n) is 4.65. The van der Waals surface area contributed by atoms with Crippen LogP contribution in [0.15, 0.2) is 53.4 Å². The highest BCUT2D eigenvalue weighted by Crippen LogP contribution is 2.54. The maximum Gasteiger partial charge on any atom is 0.318 e. The van der Waals surface area contributed by atoms with Gasteiger partial charge in [-0.1, -0.05) is 11.6 Å². The van der Waals surface area contributed by atoms with Gasteiger partial charge in [0.05, 0.1) is 24.3 Å². The molecule has 1 aliphatic carbocycles. The van der Waals surface area contributed by atoms with Crippen LogP contribution in [0.1, 0.15) is 35.8 Å². The number of benzene rings is 2. The lowest BCUT2D eigenvalue weighted by Crippen LogP contribution is -2.44. The fourth-order valence-corrected chi connectivity index (χ4v) is 6.83. The maximum atomic E-state index is 14.0. The third-order valence-electron chi connectivity index (χ3n) is 7.04. The van der Waals surface area contributed by atoms with E-state index >= 15 is 0 Å². The molecule has 5 rings (SSSR count). The zero-order valence-corrected chi connectivity index (χ0v) is 23.3. The van der Waals surface area contributed by atoms with Gasteiger partial charge in [-0.05, 0) is 49.4 Å². The van der Waals surface area contributed by atoms with E-state index in [0.29, 0.717) is 54.7 Å². The average molecular weight is 570 g/mol. The van der Waals surface area contributed by atoms with E-state index in [2.05, 4.69) is 22.5 Å². The Bertz CT molecular complexity index is 1450. The predicted molar refractivity (Wildman–Crippen MR) is 152 cm³/mol. The number of nitrogens with zero attached hydrogens (tertiary/aromatic N) is 3. The summed E-state index contributed by atoms with van der Waals surface area (Å²) in [6.07, 6.45) is 1.36. The Morgan fingerprint density at radius 1 is 1.15 bits per heavy atom. The summed E-state index contributed by atoms with van der Waals surface area (Å²) in [4.78, 5) is 35.7. The Morgan fingerprint density at radius 3 is 2.51 bits per heavy atom. The number of aromatic nitrogens is 2. The van der Waals surface area contributed by atoms with Crippen LogP contribution in [0, 0.1) is 0 Å². The van der Waals surface area contributed by atoms with Gasteiger partial charge in [-0.2, -0.15) is 0 Å². The highest BCUT2D eigenvalue weighted by Gasteiger charge is 2.58. The summed E-state index contributed by atoms with van der Waals surface area (Å²) in [6, 6.07) is 13.6. The van der Waals surface area contributed by atoms with Gasteiger partial charge in [0.1, 0.15) is 22.3 Å². The minimum Gasteiger partial charge on any atom is -0.377 e. The second-order valence-corrected chi connectivity index (χ2v) is 12.0. The first-order valence-corrected chi connectivity index (χ1v) is 14.3. The number of thiol groups is 1. The Hall–Kier alpha value is -3.54. The molecule has 0 radical (unpaired) electrons. The van der Waals surface area contributed by atoms with Crippen molar-refractivity contribution in [3.8, 4) is 11.4 Å². The number of carbonyl (C=O) groups is 2. The molecule has 0 bridgehead atoms. The molecule has 4 N–H and O–H groups in total. The Kier molecular flexibility index (Phi) is 7.57. The Balaban J connectivity index is 1.55. The number of morpholine rings is 1. The van der Waals surface area contributed by atoms with Crippen LogP contribution in [0.2, 0.25) is 5.02 Å². The first-order valence-electron chi connectivity index (χ1n) is 12.6. The van der Waals surface area contributed by atoms with Gasteiger partial charge in [0.25, 0.3) is 0 Å². The third-order valence-corrected chi connectivity index (χ3v) is 9.77. The molecule has 1 aliphatic heterocycles. The van der Waals surface area contributed by atoms with E-state index in [0.717, 1.165) is 11.4 Å². The molecule has 3 amide bonds. The van der Waals surface area contributed by atoms with Crippen LogP contribution < -0.4 is 21.3 Å². The number of urea groups is 1. The lowest BCUT2D eigenvalue weighted by atomic mass is 10.1. The van der Waals surface area contributed by atoms with Crippen molar-refractivity contribution >= 4 is 45.8 Å². The number of hydrogen-bond donors (Lipinski definition) is 3. The summed E-state index contributed by atoms with van der Waals surface area (Å²) in [5.41, 5.74) is 7.72. The molecule has 3 aromatic rings. The maximum absolute atomic E-state index is 14.0. The quantitative estimate of drug-likeness (QED) is 0.292. The number of nitrogens with two attached hydrogens (primary N) is 1. The van der Waals surface area contributed by atoms with E-state index < -0.39 is 21.5 Å². The van der Waals surface area contributed by atoms with Gasteiger partial charge in [0, 0.05) is 49.3 Å². The fraction of sp³-hybridized carbons (Fsp3) is 0.333. The summed E-state index contributed by atoms with van der Waals surface area (Å²) in [7, 11) is -0.447. The van der Waals surface area contributed by atoms with Crippen LogP contribution in [0.5, 0.6) is 0 Å². The van der Waals surface area contributed by atoms with Gasteiger partial charge >= 0.3 is 6.03 Å². The lowest BCUT2D eigenvalue weighted by Gasteiger charge is -2.34. The highest BCUT2D eigenvalue weighted by atomic mass is 35.5. The van der Waals surface area contributed by atoms with Gasteiger partial charge in [-0.15, -0.1) is 4.21 Å². The van der Waals surface area contributed by atoms with Crippen molar-refractivity contribution in [3.05, 3.63) is 64.8 Å². The minimum atomic E-state index is -2.00. The van der Waals surface area contributed by atoms with Gasteiger partial charge in [0.15, 0.2) is 15.5 Å². The number of halogens is 1. The van der Waals surface area contributed by atoms with Crippen LogP contribution in [0.3, 0.4) is 0 Å². The van der Waals surface area contributed by atoms with Crippen molar-refractivity contribution in [1.82, 2.24) is 15.3 Å². The van der Waals surface area contributed by atoms with Gasteiger partial charge in [0.2, 0.25) is 5.91 Å². The van der Waals surface area contributed by atoms with Crippen molar-refractivity contribution in [3.63, 3.8) is 0 Å². The monoisotopic (exact) mass is 569 g/mol. The van der Waals surface area contributed by atoms with Crippen LogP contribution >= 0.6 is 11.6 Å². The van der Waals surface area contributed by atoms with E-state index in [1.54, 1.807) is 31.3 Å². The molecule has 12 heteroatoms. The molecule has 204 valence electrons. The molecule has 2 aromatic carbocycles. The predicted octanol–water partition coefficient (Wildman–Crippen LogP) is 3.62. The van der Waals surface area contributed by atoms with Crippen LogP contribution in [-0.2, 0) is 24.5 Å². The Morgan fingerprint density at radius 2 is 1.90 bits per heavy atom. The summed E-state index contributed by atoms with van der Waals surface area (Å²) >= 11 is 6.47. The van der Waals surface area contributed by atoms with E-state index in [1.807, 2.05) is 18.2 Å². The number of rotatable bonds is 7. The van der Waals surface area contributed by atoms with Gasteiger partial charge in [-0.25, -0.2) is 14.8 Å².